The van der Waals surface area contributed by atoms with E-state index in [1.807, 2.05) is 0 Å². The van der Waals surface area contributed by atoms with E-state index in [4.69, 9.17) is 0 Å². The second-order valence-corrected chi connectivity index (χ2v) is 8.83. The predicted molar refractivity (Wildman–Crippen MR) is 97.9 cm³/mol. The molecule has 0 heterocycles. The molecule has 0 radical (unpaired) electrons. The minimum Gasteiger partial charge on any atom is -0.505 e. The Bertz CT molecular complexity index is 1310. The van der Waals surface area contributed by atoms with Gasteiger partial charge >= 0.3 is 25.9 Å². The fourth-order valence-corrected chi connectivity index (χ4v) is 4.15. The Morgan fingerprint density at radius 3 is 2.28 bits per heavy atom. The summed E-state index contributed by atoms with van der Waals surface area (Å²) in [5.41, 5.74) is 0.257. The Labute approximate surface area is 165 Å². The predicted octanol–water partition coefficient (Wildman–Crippen LogP) is -0.667. The van der Waals surface area contributed by atoms with Crippen LogP contribution in [0.3, 0.4) is 0 Å². The van der Waals surface area contributed by atoms with Crippen LogP contribution < -0.4 is 11.8 Å². The molecular formula is C16H16N4O7S2+4. The van der Waals surface area contributed by atoms with E-state index in [2.05, 4.69) is 30.3 Å². The number of fused-ring (bicyclic) bond motifs is 1. The molecule has 0 unspecified atom stereocenters. The number of hydrogen-bond donors (Lipinski definition) is 3. The van der Waals surface area contributed by atoms with Crippen LogP contribution in [0.15, 0.2) is 63.5 Å². The van der Waals surface area contributed by atoms with Crippen molar-refractivity contribution in [2.75, 3.05) is 0 Å². The van der Waals surface area contributed by atoms with Crippen LogP contribution >= 0.6 is 0 Å². The molecule has 0 bridgehead atoms. The number of quaternary nitrogens is 2. The van der Waals surface area contributed by atoms with E-state index < -0.39 is 30.0 Å². The number of phenolic OH excluding ortho intramolecular Hbond substituents is 1. The SMILES string of the molecule is [NH3+]OS(=O)(=O)c1cc(S(=O)(=O)O[NH3+])c2c(N=[N+]=C3C=C[CH+]C=C3)c(O)ccc2c1. The molecule has 1 aliphatic carbocycles. The lowest BCUT2D eigenvalue weighted by Gasteiger charge is -2.09. The highest BCUT2D eigenvalue weighted by Crippen LogP contribution is 2.40. The summed E-state index contributed by atoms with van der Waals surface area (Å²) in [6.07, 6.45) is 8.52. The van der Waals surface area contributed by atoms with E-state index in [0.29, 0.717) is 5.71 Å². The highest BCUT2D eigenvalue weighted by atomic mass is 32.2. The molecule has 0 spiro atoms. The third-order valence-corrected chi connectivity index (χ3v) is 6.19. The molecule has 2 aromatic rings. The lowest BCUT2D eigenvalue weighted by Crippen LogP contribution is -2.51. The van der Waals surface area contributed by atoms with Crippen molar-refractivity contribution in [2.45, 2.75) is 9.79 Å². The zero-order valence-corrected chi connectivity index (χ0v) is 16.4. The highest BCUT2D eigenvalue weighted by molar-refractivity contribution is 7.87. The van der Waals surface area contributed by atoms with Crippen LogP contribution in [-0.4, -0.2) is 32.4 Å². The summed E-state index contributed by atoms with van der Waals surface area (Å²) in [5, 5.41) is 14.3. The van der Waals surface area contributed by atoms with E-state index in [1.165, 1.54) is 12.1 Å². The average Bonchev–Trinajstić information content (AvgIpc) is 2.72. The lowest BCUT2D eigenvalue weighted by atomic mass is 10.1. The Morgan fingerprint density at radius 1 is 1.00 bits per heavy atom. The van der Waals surface area contributed by atoms with Crippen molar-refractivity contribution in [3.05, 3.63) is 55.0 Å². The van der Waals surface area contributed by atoms with Gasteiger partial charge in [-0.2, -0.15) is 28.6 Å². The maximum absolute atomic E-state index is 12.4. The van der Waals surface area contributed by atoms with E-state index in [9.17, 15) is 21.9 Å². The minimum absolute atomic E-state index is 0.101. The van der Waals surface area contributed by atoms with Crippen LogP contribution in [0.5, 0.6) is 5.75 Å². The summed E-state index contributed by atoms with van der Waals surface area (Å²) in [6, 6.07) is 4.50. The van der Waals surface area contributed by atoms with Gasteiger partial charge in [0.25, 0.3) is 0 Å². The zero-order valence-electron chi connectivity index (χ0n) is 14.7. The van der Waals surface area contributed by atoms with E-state index in [-0.39, 0.29) is 22.2 Å². The van der Waals surface area contributed by atoms with Gasteiger partial charge in [0.05, 0.1) is 16.9 Å². The first-order valence-electron chi connectivity index (χ1n) is 7.83. The van der Waals surface area contributed by atoms with Crippen LogP contribution in [0, 0.1) is 6.42 Å². The molecule has 11 nitrogen and oxygen atoms in total. The van der Waals surface area contributed by atoms with Crippen molar-refractivity contribution in [1.82, 2.24) is 0 Å². The monoisotopic (exact) mass is 440 g/mol. The minimum atomic E-state index is -4.50. The van der Waals surface area contributed by atoms with Crippen LogP contribution in [0.1, 0.15) is 0 Å². The van der Waals surface area contributed by atoms with Gasteiger partial charge in [-0.1, -0.05) is 14.6 Å². The van der Waals surface area contributed by atoms with Crippen LogP contribution in [-0.2, 0) is 28.8 Å². The first-order valence-corrected chi connectivity index (χ1v) is 10.6. The number of rotatable bonds is 5. The van der Waals surface area contributed by atoms with Crippen molar-refractivity contribution in [3.8, 4) is 5.75 Å². The maximum Gasteiger partial charge on any atom is 0.466 e. The molecule has 13 heteroatoms. The Morgan fingerprint density at radius 2 is 1.66 bits per heavy atom. The average molecular weight is 440 g/mol. The standard InChI is InChI=1S/C16H15N4O7S2/c17-26-28(22,23)12-8-10-6-7-13(21)16(20-19-11-4-2-1-3-5-11)15(10)14(9-12)29(24,25)27-18/h1-9H,17-18H3/q+3/p+1. The molecule has 29 heavy (non-hydrogen) atoms. The number of hydrogen-bond acceptors (Lipinski definition) is 8. The van der Waals surface area contributed by atoms with Gasteiger partial charge in [-0.15, -0.1) is 0 Å². The Balaban J connectivity index is 2.43. The van der Waals surface area contributed by atoms with Crippen LogP contribution in [0.25, 0.3) is 10.8 Å². The highest BCUT2D eigenvalue weighted by Gasteiger charge is 2.29. The van der Waals surface area contributed by atoms with Crippen molar-refractivity contribution in [3.63, 3.8) is 0 Å². The third kappa shape index (κ3) is 4.06. The van der Waals surface area contributed by atoms with Gasteiger partial charge in [-0.25, -0.2) is 0 Å². The molecular weight excluding hydrogens is 424 g/mol. The summed E-state index contributed by atoms with van der Waals surface area (Å²) >= 11 is 0. The first kappa shape index (κ1) is 20.7. The maximum atomic E-state index is 12.4. The number of phenols is 1. The first-order chi connectivity index (χ1) is 13.7. The number of aromatic hydroxyl groups is 1. The summed E-state index contributed by atoms with van der Waals surface area (Å²) in [6.45, 7) is 0. The van der Waals surface area contributed by atoms with Crippen molar-refractivity contribution in [1.29, 1.82) is 0 Å². The molecule has 0 amide bonds. The molecule has 2 aromatic carbocycles. The number of allylic oxidation sites excluding steroid dienone is 4. The van der Waals surface area contributed by atoms with E-state index >= 15 is 0 Å². The molecule has 150 valence electrons. The topological polar surface area (TPSA) is 189 Å². The van der Waals surface area contributed by atoms with Crippen LogP contribution in [0.2, 0.25) is 0 Å². The number of benzene rings is 2. The van der Waals surface area contributed by atoms with E-state index in [1.54, 1.807) is 30.7 Å². The summed E-state index contributed by atoms with van der Waals surface area (Å²) < 4.78 is 57.5. The van der Waals surface area contributed by atoms with Gasteiger partial charge in [0.15, 0.2) is 5.69 Å². The molecule has 0 aromatic heterocycles. The second kappa shape index (κ2) is 7.77. The molecule has 0 saturated carbocycles. The van der Waals surface area contributed by atoms with Gasteiger partial charge < -0.3 is 5.11 Å². The van der Waals surface area contributed by atoms with Gasteiger partial charge in [0.2, 0.25) is 0 Å². The quantitative estimate of drug-likeness (QED) is 0.238. The van der Waals surface area contributed by atoms with Gasteiger partial charge in [0.1, 0.15) is 32.8 Å². The fraction of sp³-hybridized carbons (Fsp3) is 0. The Kier molecular flexibility index (Phi) is 5.55. The second-order valence-electron chi connectivity index (χ2n) is 5.63. The van der Waals surface area contributed by atoms with Gasteiger partial charge in [0, 0.05) is 11.8 Å². The third-order valence-electron chi connectivity index (χ3n) is 3.90. The molecule has 0 atom stereocenters. The zero-order chi connectivity index (χ0) is 21.2. The van der Waals surface area contributed by atoms with Crippen molar-refractivity contribution in [2.24, 2.45) is 5.11 Å². The van der Waals surface area contributed by atoms with Crippen molar-refractivity contribution >= 4 is 42.4 Å². The van der Waals surface area contributed by atoms with Gasteiger partial charge in [-0.05, 0) is 23.6 Å². The fourth-order valence-electron chi connectivity index (χ4n) is 2.55. The normalized spacial score (nSPS) is 13.9. The van der Waals surface area contributed by atoms with Crippen molar-refractivity contribution < 1.29 is 47.1 Å². The molecule has 1 aliphatic rings. The molecule has 3 rings (SSSR count). The molecule has 7 N–H and O–H groups in total. The summed E-state index contributed by atoms with van der Waals surface area (Å²) in [4.78, 5) is 2.92. The summed E-state index contributed by atoms with van der Waals surface area (Å²) in [7, 11) is -8.83. The number of nitrogens with zero attached hydrogens (tertiary/aromatic N) is 2. The molecule has 0 fully saturated rings. The molecule has 0 saturated heterocycles. The lowest BCUT2D eigenvalue weighted by molar-refractivity contribution is -0.635. The smallest absolute Gasteiger partial charge is 0.466 e. The van der Waals surface area contributed by atoms with Crippen LogP contribution in [0.4, 0.5) is 5.69 Å². The summed E-state index contributed by atoms with van der Waals surface area (Å²) in [5.74, 6) is 5.39. The largest absolute Gasteiger partial charge is 0.505 e. The van der Waals surface area contributed by atoms with E-state index in [0.717, 1.165) is 12.1 Å². The van der Waals surface area contributed by atoms with Gasteiger partial charge in [-0.3, -0.25) is 0 Å². The Hall–Kier alpha value is -3.03. The molecule has 0 aliphatic heterocycles.